The summed E-state index contributed by atoms with van der Waals surface area (Å²) in [4.78, 5) is 12.6. The third-order valence-electron chi connectivity index (χ3n) is 5.97. The van der Waals surface area contributed by atoms with Gasteiger partial charge in [-0.1, -0.05) is 49.4 Å². The largest absolute Gasteiger partial charge is 0.393 e. The van der Waals surface area contributed by atoms with Gasteiger partial charge in [-0.25, -0.2) is 0 Å². The molecule has 1 heterocycles. The molecule has 1 amide bonds. The van der Waals surface area contributed by atoms with Crippen LogP contribution < -0.4 is 5.32 Å². The molecule has 9 heteroatoms. The van der Waals surface area contributed by atoms with Crippen molar-refractivity contribution >= 4 is 17.7 Å². The molecular weight excluding hydrogens is 482 g/mol. The van der Waals surface area contributed by atoms with Gasteiger partial charge in [-0.3, -0.25) is 4.79 Å². The maximum absolute atomic E-state index is 12.6. The van der Waals surface area contributed by atoms with Crippen LogP contribution in [0, 0.1) is 0 Å². The summed E-state index contributed by atoms with van der Waals surface area (Å²) >= 11 is 1.79. The average Bonchev–Trinajstić information content (AvgIpc) is 2.89. The van der Waals surface area contributed by atoms with Crippen LogP contribution in [0.5, 0.6) is 0 Å². The zero-order chi connectivity index (χ0) is 25.8. The number of benzene rings is 2. The summed E-state index contributed by atoms with van der Waals surface area (Å²) in [6.45, 7) is 2.00. The predicted octanol–water partition coefficient (Wildman–Crippen LogP) is 3.15. The summed E-state index contributed by atoms with van der Waals surface area (Å²) in [7, 11) is 0. The summed E-state index contributed by atoms with van der Waals surface area (Å²) in [6, 6.07) is 17.3. The lowest BCUT2D eigenvalue weighted by Crippen LogP contribution is -2.53. The number of thioether (sulfide) groups is 1. The van der Waals surface area contributed by atoms with Crippen molar-refractivity contribution in [1.29, 1.82) is 0 Å². The van der Waals surface area contributed by atoms with Gasteiger partial charge in [0, 0.05) is 18.5 Å². The molecule has 0 aromatic heterocycles. The monoisotopic (exact) mass is 519 g/mol. The normalized spacial score (nSPS) is 22.8. The maximum atomic E-state index is 12.6. The van der Waals surface area contributed by atoms with Crippen LogP contribution >= 0.6 is 11.8 Å². The lowest BCUT2D eigenvalue weighted by Gasteiger charge is -2.43. The number of aliphatic hydroxyl groups excluding tert-OH is 3. The fourth-order valence-electron chi connectivity index (χ4n) is 4.13. The Bertz CT molecular complexity index is 914. The molecule has 1 saturated heterocycles. The van der Waals surface area contributed by atoms with Gasteiger partial charge in [-0.15, -0.1) is 0 Å². The lowest BCUT2D eigenvalue weighted by molar-refractivity contribution is -0.433. The molecule has 4 atom stereocenters. The van der Waals surface area contributed by atoms with E-state index in [2.05, 4.69) is 12.2 Å². The molecule has 1 aliphatic rings. The first-order valence-electron chi connectivity index (χ1n) is 12.4. The molecule has 36 heavy (non-hydrogen) atoms. The van der Waals surface area contributed by atoms with E-state index < -0.39 is 31.1 Å². The van der Waals surface area contributed by atoms with Crippen LogP contribution in [0.15, 0.2) is 54.6 Å². The van der Waals surface area contributed by atoms with Crippen molar-refractivity contribution in [1.82, 2.24) is 5.32 Å². The Morgan fingerprint density at radius 1 is 1.17 bits per heavy atom. The maximum Gasteiger partial charge on any atom is 0.287 e. The van der Waals surface area contributed by atoms with Gasteiger partial charge in [-0.2, -0.15) is 11.8 Å². The molecule has 1 fully saturated rings. The van der Waals surface area contributed by atoms with Crippen molar-refractivity contribution in [3.05, 3.63) is 60.2 Å². The Morgan fingerprint density at radius 2 is 1.89 bits per heavy atom. The van der Waals surface area contributed by atoms with Crippen LogP contribution in [0.1, 0.15) is 43.0 Å². The van der Waals surface area contributed by atoms with Crippen molar-refractivity contribution in [2.75, 3.05) is 31.5 Å². The molecule has 198 valence electrons. The van der Waals surface area contributed by atoms with Crippen LogP contribution in [0.2, 0.25) is 0 Å². The Kier molecular flexibility index (Phi) is 11.7. The molecular formula is C27H37NO7S. The van der Waals surface area contributed by atoms with Gasteiger partial charge >= 0.3 is 0 Å². The zero-order valence-electron chi connectivity index (χ0n) is 20.7. The highest BCUT2D eigenvalue weighted by atomic mass is 32.2. The van der Waals surface area contributed by atoms with Crippen molar-refractivity contribution in [3.8, 4) is 11.1 Å². The second kappa shape index (κ2) is 14.7. The minimum absolute atomic E-state index is 0.0351. The SMILES string of the molecule is CCSCCCOC1(OCO)C[C@H](O)C[C@H]([C@H](O)CCNC(=O)c2ccc(-c3ccccc3)cc2)O1. The number of ether oxygens (including phenoxy) is 3. The number of amides is 1. The van der Waals surface area contributed by atoms with Gasteiger partial charge in [0.05, 0.1) is 31.3 Å². The standard InChI is InChI=1S/C27H37NO7S/c1-2-36-16-6-15-33-27(34-19-29)18-23(30)17-25(35-27)24(31)13-14-28-26(32)22-11-9-21(10-12-22)20-7-4-3-5-8-20/h3-5,7-12,23-25,29-31H,2,6,13-19H2,1H3,(H,28,32)/t23-,24-,25-,27?/m1/s1. The number of carbonyl (C=O) groups is 1. The molecule has 0 saturated carbocycles. The third kappa shape index (κ3) is 8.55. The van der Waals surface area contributed by atoms with Crippen LogP contribution in [0.25, 0.3) is 11.1 Å². The first-order chi connectivity index (χ1) is 17.5. The number of nitrogens with one attached hydrogen (secondary N) is 1. The summed E-state index contributed by atoms with van der Waals surface area (Å²) in [6.07, 6.45) is -1.36. The van der Waals surface area contributed by atoms with Gasteiger partial charge in [0.15, 0.2) is 0 Å². The first kappa shape index (κ1) is 28.6. The van der Waals surface area contributed by atoms with Crippen molar-refractivity contribution in [2.45, 2.75) is 56.9 Å². The molecule has 0 bridgehead atoms. The van der Waals surface area contributed by atoms with E-state index in [4.69, 9.17) is 14.2 Å². The van der Waals surface area contributed by atoms with Gasteiger partial charge in [0.25, 0.3) is 11.9 Å². The van der Waals surface area contributed by atoms with Gasteiger partial charge < -0.3 is 34.8 Å². The molecule has 2 aromatic carbocycles. The Hall–Kier alpha value is -1.98. The van der Waals surface area contributed by atoms with E-state index in [0.717, 1.165) is 29.1 Å². The van der Waals surface area contributed by atoms with E-state index in [0.29, 0.717) is 12.2 Å². The Balaban J connectivity index is 1.49. The van der Waals surface area contributed by atoms with E-state index in [1.165, 1.54) is 0 Å². The molecule has 8 nitrogen and oxygen atoms in total. The van der Waals surface area contributed by atoms with Gasteiger partial charge in [0.2, 0.25) is 0 Å². The molecule has 0 aliphatic carbocycles. The van der Waals surface area contributed by atoms with E-state index in [1.807, 2.05) is 42.5 Å². The third-order valence-corrected chi connectivity index (χ3v) is 6.96. The number of rotatable bonds is 14. The molecule has 1 aliphatic heterocycles. The molecule has 3 rings (SSSR count). The Morgan fingerprint density at radius 3 is 2.58 bits per heavy atom. The van der Waals surface area contributed by atoms with Crippen molar-refractivity contribution < 1.29 is 34.3 Å². The van der Waals surface area contributed by atoms with Crippen LogP contribution in [0.3, 0.4) is 0 Å². The number of carbonyl (C=O) groups excluding carboxylic acids is 1. The summed E-state index contributed by atoms with van der Waals surface area (Å²) in [5, 5.41) is 33.3. The van der Waals surface area contributed by atoms with Crippen LogP contribution in [-0.4, -0.2) is 77.0 Å². The summed E-state index contributed by atoms with van der Waals surface area (Å²) in [5.74, 6) is 0.0722. The molecule has 0 spiro atoms. The number of aliphatic hydroxyl groups is 3. The van der Waals surface area contributed by atoms with E-state index >= 15 is 0 Å². The van der Waals surface area contributed by atoms with Crippen molar-refractivity contribution in [2.24, 2.45) is 0 Å². The second-order valence-electron chi connectivity index (χ2n) is 8.66. The van der Waals surface area contributed by atoms with E-state index in [-0.39, 0.29) is 31.7 Å². The predicted molar refractivity (Wildman–Crippen MR) is 139 cm³/mol. The molecule has 1 unspecified atom stereocenters. The minimum atomic E-state index is -1.61. The first-order valence-corrected chi connectivity index (χ1v) is 13.6. The van der Waals surface area contributed by atoms with Crippen LogP contribution in [0.4, 0.5) is 0 Å². The van der Waals surface area contributed by atoms with E-state index in [9.17, 15) is 20.1 Å². The molecule has 4 N–H and O–H groups in total. The fraction of sp³-hybridized carbons (Fsp3) is 0.519. The highest BCUT2D eigenvalue weighted by Gasteiger charge is 2.45. The summed E-state index contributed by atoms with van der Waals surface area (Å²) in [5.41, 5.74) is 2.63. The zero-order valence-corrected chi connectivity index (χ0v) is 21.5. The van der Waals surface area contributed by atoms with E-state index in [1.54, 1.807) is 23.9 Å². The number of hydrogen-bond acceptors (Lipinski definition) is 8. The Labute approximate surface area is 217 Å². The van der Waals surface area contributed by atoms with Crippen LogP contribution in [-0.2, 0) is 14.2 Å². The quantitative estimate of drug-likeness (QED) is 0.222. The van der Waals surface area contributed by atoms with Crippen molar-refractivity contribution in [3.63, 3.8) is 0 Å². The molecule has 2 aromatic rings. The second-order valence-corrected chi connectivity index (χ2v) is 10.1. The smallest absolute Gasteiger partial charge is 0.287 e. The topological polar surface area (TPSA) is 117 Å². The van der Waals surface area contributed by atoms with Gasteiger partial charge in [-0.05, 0) is 47.6 Å². The number of hydrogen-bond donors (Lipinski definition) is 4. The summed E-state index contributed by atoms with van der Waals surface area (Å²) < 4.78 is 17.0. The fourth-order valence-corrected chi connectivity index (χ4v) is 4.74. The van der Waals surface area contributed by atoms with Gasteiger partial charge in [0.1, 0.15) is 6.79 Å². The highest BCUT2D eigenvalue weighted by Crippen LogP contribution is 2.33. The average molecular weight is 520 g/mol. The minimum Gasteiger partial charge on any atom is -0.393 e. The lowest BCUT2D eigenvalue weighted by atomic mass is 9.98. The molecule has 0 radical (unpaired) electrons. The highest BCUT2D eigenvalue weighted by molar-refractivity contribution is 7.99.